The molecule has 2 amide bonds. The molecule has 0 aromatic heterocycles. The number of amides is 2. The van der Waals surface area contributed by atoms with Crippen LogP contribution in [0.2, 0.25) is 0 Å². The van der Waals surface area contributed by atoms with Gasteiger partial charge in [0.25, 0.3) is 5.91 Å². The zero-order valence-corrected chi connectivity index (χ0v) is 15.8. The summed E-state index contributed by atoms with van der Waals surface area (Å²) in [7, 11) is 0. The van der Waals surface area contributed by atoms with Crippen LogP contribution in [0.5, 0.6) is 11.5 Å². The Bertz CT molecular complexity index is 825. The van der Waals surface area contributed by atoms with Gasteiger partial charge in [0.15, 0.2) is 6.10 Å². The molecule has 2 N–H and O–H groups in total. The molecule has 1 unspecified atom stereocenters. The lowest BCUT2D eigenvalue weighted by Crippen LogP contribution is -2.34. The molecule has 2 aromatic carbocycles. The Kier molecular flexibility index (Phi) is 5.78. The molecule has 1 aliphatic heterocycles. The average Bonchev–Trinajstić information content (AvgIpc) is 2.60. The van der Waals surface area contributed by atoms with Crippen molar-refractivity contribution in [2.24, 2.45) is 0 Å². The Morgan fingerprint density at radius 2 is 2.15 bits per heavy atom. The van der Waals surface area contributed by atoms with Crippen LogP contribution in [0, 0.1) is 0 Å². The van der Waals surface area contributed by atoms with Crippen molar-refractivity contribution in [1.82, 2.24) is 0 Å². The molecular weight excluding hydrogens is 400 g/mol. The predicted octanol–water partition coefficient (Wildman–Crippen LogP) is 3.97. The Morgan fingerprint density at radius 1 is 1.31 bits per heavy atom. The topological polar surface area (TPSA) is 76.7 Å². The highest BCUT2D eigenvalue weighted by Crippen LogP contribution is 2.32. The Balaban J connectivity index is 1.46. The van der Waals surface area contributed by atoms with Gasteiger partial charge in [-0.05, 0) is 49.7 Å². The molecule has 1 atom stereocenters. The van der Waals surface area contributed by atoms with Gasteiger partial charge in [-0.25, -0.2) is 0 Å². The fourth-order valence-electron chi connectivity index (χ4n) is 2.49. The van der Waals surface area contributed by atoms with E-state index in [9.17, 15) is 9.59 Å². The summed E-state index contributed by atoms with van der Waals surface area (Å²) in [6.45, 7) is 2.14. The van der Waals surface area contributed by atoms with E-state index in [4.69, 9.17) is 9.47 Å². The van der Waals surface area contributed by atoms with E-state index in [0.29, 0.717) is 36.6 Å². The van der Waals surface area contributed by atoms with E-state index in [0.717, 1.165) is 10.2 Å². The molecule has 0 saturated heterocycles. The molecule has 7 heteroatoms. The van der Waals surface area contributed by atoms with Gasteiger partial charge in [0, 0.05) is 16.6 Å². The standard InChI is InChI=1S/C19H19BrN2O4/c1-12-19(24)22-16-11-14(7-8-17(16)26-12)21-18(23)6-3-9-25-15-5-2-4-13(20)10-15/h2,4-5,7-8,10-12H,3,6,9H2,1H3,(H,21,23)(H,22,24). The quantitative estimate of drug-likeness (QED) is 0.695. The first kappa shape index (κ1) is 18.3. The van der Waals surface area contributed by atoms with Crippen molar-refractivity contribution in [2.45, 2.75) is 25.9 Å². The summed E-state index contributed by atoms with van der Waals surface area (Å²) >= 11 is 3.39. The molecule has 0 aliphatic carbocycles. The van der Waals surface area contributed by atoms with Crippen molar-refractivity contribution in [3.05, 3.63) is 46.9 Å². The fourth-order valence-corrected chi connectivity index (χ4v) is 2.87. The number of rotatable bonds is 6. The largest absolute Gasteiger partial charge is 0.494 e. The summed E-state index contributed by atoms with van der Waals surface area (Å²) in [6, 6.07) is 12.7. The molecule has 0 fully saturated rings. The number of hydrogen-bond donors (Lipinski definition) is 2. The number of anilines is 2. The van der Waals surface area contributed by atoms with E-state index in [-0.39, 0.29) is 11.8 Å². The van der Waals surface area contributed by atoms with E-state index in [2.05, 4.69) is 26.6 Å². The fraction of sp³-hybridized carbons (Fsp3) is 0.263. The van der Waals surface area contributed by atoms with Crippen molar-refractivity contribution in [1.29, 1.82) is 0 Å². The van der Waals surface area contributed by atoms with E-state index >= 15 is 0 Å². The first-order valence-electron chi connectivity index (χ1n) is 8.31. The van der Waals surface area contributed by atoms with Gasteiger partial charge in [-0.1, -0.05) is 22.0 Å². The minimum atomic E-state index is -0.520. The van der Waals surface area contributed by atoms with Gasteiger partial charge in [0.05, 0.1) is 12.3 Å². The second kappa shape index (κ2) is 8.23. The second-order valence-electron chi connectivity index (χ2n) is 5.92. The van der Waals surface area contributed by atoms with Crippen LogP contribution in [-0.2, 0) is 9.59 Å². The van der Waals surface area contributed by atoms with Crippen LogP contribution < -0.4 is 20.1 Å². The van der Waals surface area contributed by atoms with E-state index in [1.54, 1.807) is 25.1 Å². The molecule has 0 bridgehead atoms. The predicted molar refractivity (Wildman–Crippen MR) is 103 cm³/mol. The summed E-state index contributed by atoms with van der Waals surface area (Å²) < 4.78 is 12.0. The number of carbonyl (C=O) groups is 2. The van der Waals surface area contributed by atoms with Crippen molar-refractivity contribution >= 4 is 39.1 Å². The average molecular weight is 419 g/mol. The number of carbonyl (C=O) groups excluding carboxylic acids is 2. The van der Waals surface area contributed by atoms with Crippen molar-refractivity contribution in [2.75, 3.05) is 17.2 Å². The van der Waals surface area contributed by atoms with Gasteiger partial charge >= 0.3 is 0 Å². The van der Waals surface area contributed by atoms with E-state index < -0.39 is 6.10 Å². The molecule has 136 valence electrons. The lowest BCUT2D eigenvalue weighted by Gasteiger charge is -2.23. The number of halogens is 1. The number of benzene rings is 2. The van der Waals surface area contributed by atoms with Gasteiger partial charge in [0.1, 0.15) is 11.5 Å². The van der Waals surface area contributed by atoms with Gasteiger partial charge in [-0.3, -0.25) is 9.59 Å². The number of hydrogen-bond acceptors (Lipinski definition) is 4. The SMILES string of the molecule is CC1Oc2ccc(NC(=O)CCCOc3cccc(Br)c3)cc2NC1=O. The van der Waals surface area contributed by atoms with Gasteiger partial charge in [0.2, 0.25) is 5.91 Å². The third kappa shape index (κ3) is 4.76. The van der Waals surface area contributed by atoms with Crippen molar-refractivity contribution < 1.29 is 19.1 Å². The van der Waals surface area contributed by atoms with E-state index in [1.165, 1.54) is 0 Å². The van der Waals surface area contributed by atoms with Crippen LogP contribution in [0.25, 0.3) is 0 Å². The molecule has 0 saturated carbocycles. The molecule has 1 heterocycles. The van der Waals surface area contributed by atoms with Crippen LogP contribution in [-0.4, -0.2) is 24.5 Å². The summed E-state index contributed by atoms with van der Waals surface area (Å²) in [4.78, 5) is 23.7. The maximum atomic E-state index is 12.1. The molecule has 1 aliphatic rings. The molecule has 2 aromatic rings. The minimum Gasteiger partial charge on any atom is -0.494 e. The molecule has 0 spiro atoms. The first-order chi connectivity index (χ1) is 12.5. The second-order valence-corrected chi connectivity index (χ2v) is 6.83. The van der Waals surface area contributed by atoms with E-state index in [1.807, 2.05) is 24.3 Å². The summed E-state index contributed by atoms with van der Waals surface area (Å²) in [5.41, 5.74) is 1.17. The Hall–Kier alpha value is -2.54. The van der Waals surface area contributed by atoms with Gasteiger partial charge in [-0.2, -0.15) is 0 Å². The zero-order chi connectivity index (χ0) is 18.5. The Morgan fingerprint density at radius 3 is 2.96 bits per heavy atom. The molecular formula is C19H19BrN2O4. The van der Waals surface area contributed by atoms with Crippen molar-refractivity contribution in [3.8, 4) is 11.5 Å². The summed E-state index contributed by atoms with van der Waals surface area (Å²) in [5.74, 6) is 1.04. The monoisotopic (exact) mass is 418 g/mol. The molecule has 6 nitrogen and oxygen atoms in total. The number of nitrogens with one attached hydrogen (secondary N) is 2. The minimum absolute atomic E-state index is 0.112. The maximum Gasteiger partial charge on any atom is 0.265 e. The van der Waals surface area contributed by atoms with Crippen LogP contribution in [0.15, 0.2) is 46.9 Å². The normalized spacial score (nSPS) is 15.5. The van der Waals surface area contributed by atoms with Crippen LogP contribution in [0.3, 0.4) is 0 Å². The lowest BCUT2D eigenvalue weighted by atomic mass is 10.2. The van der Waals surface area contributed by atoms with Crippen LogP contribution in [0.1, 0.15) is 19.8 Å². The smallest absolute Gasteiger partial charge is 0.265 e. The highest BCUT2D eigenvalue weighted by molar-refractivity contribution is 9.10. The van der Waals surface area contributed by atoms with Gasteiger partial charge in [-0.15, -0.1) is 0 Å². The maximum absolute atomic E-state index is 12.1. The zero-order valence-electron chi connectivity index (χ0n) is 14.3. The van der Waals surface area contributed by atoms with Crippen LogP contribution in [0.4, 0.5) is 11.4 Å². The first-order valence-corrected chi connectivity index (χ1v) is 9.10. The van der Waals surface area contributed by atoms with Crippen LogP contribution >= 0.6 is 15.9 Å². The summed E-state index contributed by atoms with van der Waals surface area (Å²) in [6.07, 6.45) is 0.416. The third-order valence-electron chi connectivity index (χ3n) is 3.81. The lowest BCUT2D eigenvalue weighted by molar-refractivity contribution is -0.122. The third-order valence-corrected chi connectivity index (χ3v) is 4.30. The highest BCUT2D eigenvalue weighted by atomic mass is 79.9. The Labute approximate surface area is 160 Å². The van der Waals surface area contributed by atoms with Gasteiger partial charge < -0.3 is 20.1 Å². The molecule has 26 heavy (non-hydrogen) atoms. The molecule has 0 radical (unpaired) electrons. The highest BCUT2D eigenvalue weighted by Gasteiger charge is 2.23. The van der Waals surface area contributed by atoms with Crippen molar-refractivity contribution in [3.63, 3.8) is 0 Å². The molecule has 3 rings (SSSR count). The summed E-state index contributed by atoms with van der Waals surface area (Å²) in [5, 5.41) is 5.58. The number of fused-ring (bicyclic) bond motifs is 1. The number of ether oxygens (including phenoxy) is 2.